The Labute approximate surface area is 178 Å². The van der Waals surface area contributed by atoms with Gasteiger partial charge in [-0.2, -0.15) is 13.2 Å². The van der Waals surface area contributed by atoms with E-state index in [1.807, 2.05) is 18.2 Å². The van der Waals surface area contributed by atoms with Gasteiger partial charge < -0.3 is 10.6 Å². The molecule has 31 heavy (non-hydrogen) atoms. The number of alkyl halides is 3. The van der Waals surface area contributed by atoms with Gasteiger partial charge in [-0.15, -0.1) is 0 Å². The smallest absolute Gasteiger partial charge is 0.353 e. The number of para-hydroxylation sites is 1. The van der Waals surface area contributed by atoms with E-state index in [-0.39, 0.29) is 24.3 Å². The van der Waals surface area contributed by atoms with E-state index in [0.29, 0.717) is 43.7 Å². The molecule has 0 saturated carbocycles. The molecule has 1 fully saturated rings. The van der Waals surface area contributed by atoms with Gasteiger partial charge in [-0.1, -0.05) is 36.4 Å². The SMILES string of the molecule is O=C1CC(C(=O)NC2CCN(Cc3cccc(C(F)(F)F)c3)CC2)c2ccccc2N1. The fourth-order valence-electron chi connectivity index (χ4n) is 4.29. The maximum absolute atomic E-state index is 12.9. The minimum atomic E-state index is -4.35. The normalized spacial score (nSPS) is 20.1. The van der Waals surface area contributed by atoms with Crippen LogP contribution in [0.25, 0.3) is 0 Å². The van der Waals surface area contributed by atoms with Gasteiger partial charge in [0.15, 0.2) is 0 Å². The molecule has 0 radical (unpaired) electrons. The van der Waals surface area contributed by atoms with Gasteiger partial charge in [0, 0.05) is 37.8 Å². The zero-order valence-electron chi connectivity index (χ0n) is 16.9. The summed E-state index contributed by atoms with van der Waals surface area (Å²) in [5.74, 6) is -0.832. The summed E-state index contributed by atoms with van der Waals surface area (Å²) >= 11 is 0. The van der Waals surface area contributed by atoms with E-state index in [2.05, 4.69) is 15.5 Å². The summed E-state index contributed by atoms with van der Waals surface area (Å²) in [5.41, 5.74) is 1.49. The number of piperidine rings is 1. The molecule has 5 nitrogen and oxygen atoms in total. The highest BCUT2D eigenvalue weighted by Crippen LogP contribution is 2.33. The Bertz CT molecular complexity index is 969. The molecular formula is C23H24F3N3O2. The molecule has 0 aliphatic carbocycles. The number of amides is 2. The van der Waals surface area contributed by atoms with Gasteiger partial charge in [-0.25, -0.2) is 0 Å². The molecule has 164 valence electrons. The molecular weight excluding hydrogens is 407 g/mol. The Morgan fingerprint density at radius 2 is 1.84 bits per heavy atom. The number of carbonyl (C=O) groups excluding carboxylic acids is 2. The Morgan fingerprint density at radius 3 is 2.58 bits per heavy atom. The molecule has 1 unspecified atom stereocenters. The Hall–Kier alpha value is -2.87. The average Bonchev–Trinajstić information content (AvgIpc) is 2.74. The molecule has 1 atom stereocenters. The Balaban J connectivity index is 1.32. The van der Waals surface area contributed by atoms with E-state index in [1.54, 1.807) is 12.1 Å². The number of hydrogen-bond donors (Lipinski definition) is 2. The third-order valence-corrected chi connectivity index (χ3v) is 5.91. The van der Waals surface area contributed by atoms with E-state index >= 15 is 0 Å². The van der Waals surface area contributed by atoms with Crippen LogP contribution in [0.15, 0.2) is 48.5 Å². The van der Waals surface area contributed by atoms with Gasteiger partial charge in [0.05, 0.1) is 11.5 Å². The topological polar surface area (TPSA) is 61.4 Å². The second-order valence-electron chi connectivity index (χ2n) is 8.15. The lowest BCUT2D eigenvalue weighted by molar-refractivity contribution is -0.137. The minimum Gasteiger partial charge on any atom is -0.353 e. The first-order chi connectivity index (χ1) is 14.8. The fourth-order valence-corrected chi connectivity index (χ4v) is 4.29. The summed E-state index contributed by atoms with van der Waals surface area (Å²) in [5, 5.41) is 5.86. The average molecular weight is 431 g/mol. The van der Waals surface area contributed by atoms with Crippen LogP contribution in [-0.2, 0) is 22.3 Å². The molecule has 2 aromatic carbocycles. The largest absolute Gasteiger partial charge is 0.416 e. The minimum absolute atomic E-state index is 0.0117. The van der Waals surface area contributed by atoms with Crippen molar-refractivity contribution in [3.05, 3.63) is 65.2 Å². The van der Waals surface area contributed by atoms with Crippen molar-refractivity contribution < 1.29 is 22.8 Å². The molecule has 2 N–H and O–H groups in total. The van der Waals surface area contributed by atoms with Gasteiger partial charge >= 0.3 is 6.18 Å². The molecule has 1 saturated heterocycles. The monoisotopic (exact) mass is 431 g/mol. The second kappa shape index (κ2) is 8.70. The van der Waals surface area contributed by atoms with Crippen LogP contribution in [0.3, 0.4) is 0 Å². The van der Waals surface area contributed by atoms with Crippen molar-refractivity contribution in [2.24, 2.45) is 0 Å². The number of benzene rings is 2. The molecule has 2 aromatic rings. The lowest BCUT2D eigenvalue weighted by atomic mass is 9.89. The first-order valence-corrected chi connectivity index (χ1v) is 10.4. The summed E-state index contributed by atoms with van der Waals surface area (Å²) in [4.78, 5) is 26.9. The molecule has 2 amide bonds. The van der Waals surface area contributed by atoms with E-state index in [0.717, 1.165) is 11.6 Å². The van der Waals surface area contributed by atoms with E-state index in [4.69, 9.17) is 0 Å². The van der Waals surface area contributed by atoms with Crippen LogP contribution in [0.5, 0.6) is 0 Å². The number of carbonyl (C=O) groups is 2. The molecule has 0 aromatic heterocycles. The first kappa shape index (κ1) is 21.4. The van der Waals surface area contributed by atoms with Crippen molar-refractivity contribution in [1.82, 2.24) is 10.2 Å². The van der Waals surface area contributed by atoms with Crippen LogP contribution < -0.4 is 10.6 Å². The predicted molar refractivity (Wildman–Crippen MR) is 110 cm³/mol. The van der Waals surface area contributed by atoms with E-state index < -0.39 is 17.7 Å². The molecule has 8 heteroatoms. The zero-order chi connectivity index (χ0) is 22.0. The van der Waals surface area contributed by atoms with Crippen molar-refractivity contribution in [3.63, 3.8) is 0 Å². The van der Waals surface area contributed by atoms with Gasteiger partial charge in [0.25, 0.3) is 0 Å². The predicted octanol–water partition coefficient (Wildman–Crippen LogP) is 3.91. The standard InChI is InChI=1S/C23H24F3N3O2/c24-23(25,26)16-5-3-4-15(12-16)14-29-10-8-17(9-11-29)27-22(31)19-13-21(30)28-20-7-2-1-6-18(19)20/h1-7,12,17,19H,8-11,13-14H2,(H,27,31)(H,28,30). The molecule has 2 aliphatic heterocycles. The Morgan fingerprint density at radius 1 is 1.10 bits per heavy atom. The van der Waals surface area contributed by atoms with Crippen LogP contribution in [0, 0.1) is 0 Å². The van der Waals surface area contributed by atoms with Crippen LogP contribution in [0.2, 0.25) is 0 Å². The Kier molecular flexibility index (Phi) is 6.00. The maximum atomic E-state index is 12.9. The molecule has 2 heterocycles. The van der Waals surface area contributed by atoms with Crippen LogP contribution >= 0.6 is 0 Å². The number of fused-ring (bicyclic) bond motifs is 1. The number of rotatable bonds is 4. The highest BCUT2D eigenvalue weighted by Gasteiger charge is 2.33. The molecule has 4 rings (SSSR count). The quantitative estimate of drug-likeness (QED) is 0.772. The van der Waals surface area contributed by atoms with Gasteiger partial charge in [-0.3, -0.25) is 14.5 Å². The summed E-state index contributed by atoms with van der Waals surface area (Å²) < 4.78 is 38.7. The molecule has 0 spiro atoms. The van der Waals surface area contributed by atoms with Crippen molar-refractivity contribution in [2.45, 2.75) is 43.9 Å². The third kappa shape index (κ3) is 5.07. The number of nitrogens with one attached hydrogen (secondary N) is 2. The number of nitrogens with zero attached hydrogens (tertiary/aromatic N) is 1. The molecule has 2 aliphatic rings. The zero-order valence-corrected chi connectivity index (χ0v) is 16.9. The highest BCUT2D eigenvalue weighted by molar-refractivity contribution is 6.01. The van der Waals surface area contributed by atoms with Gasteiger partial charge in [-0.05, 0) is 36.1 Å². The van der Waals surface area contributed by atoms with Crippen LogP contribution in [-0.4, -0.2) is 35.8 Å². The van der Waals surface area contributed by atoms with Crippen molar-refractivity contribution in [1.29, 1.82) is 0 Å². The molecule has 0 bridgehead atoms. The fraction of sp³-hybridized carbons (Fsp3) is 0.391. The van der Waals surface area contributed by atoms with Gasteiger partial charge in [0.2, 0.25) is 11.8 Å². The first-order valence-electron chi connectivity index (χ1n) is 10.4. The van der Waals surface area contributed by atoms with Gasteiger partial charge in [0.1, 0.15) is 0 Å². The summed E-state index contributed by atoms with van der Waals surface area (Å²) in [6.45, 7) is 1.81. The lowest BCUT2D eigenvalue weighted by Crippen LogP contribution is -2.46. The third-order valence-electron chi connectivity index (χ3n) is 5.91. The lowest BCUT2D eigenvalue weighted by Gasteiger charge is -2.34. The van der Waals surface area contributed by atoms with E-state index in [9.17, 15) is 22.8 Å². The number of anilines is 1. The second-order valence-corrected chi connectivity index (χ2v) is 8.15. The number of likely N-dealkylation sites (tertiary alicyclic amines) is 1. The summed E-state index contributed by atoms with van der Waals surface area (Å²) in [6, 6.07) is 12.7. The number of hydrogen-bond acceptors (Lipinski definition) is 3. The highest BCUT2D eigenvalue weighted by atomic mass is 19.4. The van der Waals surface area contributed by atoms with Crippen LogP contribution in [0.4, 0.5) is 18.9 Å². The maximum Gasteiger partial charge on any atom is 0.416 e. The van der Waals surface area contributed by atoms with E-state index in [1.165, 1.54) is 12.1 Å². The van der Waals surface area contributed by atoms with Crippen molar-refractivity contribution in [2.75, 3.05) is 18.4 Å². The summed E-state index contributed by atoms with van der Waals surface area (Å²) in [7, 11) is 0. The summed E-state index contributed by atoms with van der Waals surface area (Å²) in [6.07, 6.45) is -2.80. The number of halogens is 3. The van der Waals surface area contributed by atoms with Crippen molar-refractivity contribution >= 4 is 17.5 Å². The van der Waals surface area contributed by atoms with Crippen molar-refractivity contribution in [3.8, 4) is 0 Å². The van der Waals surface area contributed by atoms with Crippen LogP contribution in [0.1, 0.15) is 41.9 Å².